The number of thioether (sulfide) groups is 1. The van der Waals surface area contributed by atoms with Gasteiger partial charge < -0.3 is 0 Å². The molecule has 0 atom stereocenters. The summed E-state index contributed by atoms with van der Waals surface area (Å²) in [5, 5.41) is 0. The maximum atomic E-state index is 2.49. The van der Waals surface area contributed by atoms with Crippen LogP contribution in [-0.2, 0) is 7.66 Å². The summed E-state index contributed by atoms with van der Waals surface area (Å²) < 4.78 is 2.80. The number of fused-ring (bicyclic) bond motifs is 10. The van der Waals surface area contributed by atoms with Gasteiger partial charge in [0.05, 0.1) is 0 Å². The van der Waals surface area contributed by atoms with Crippen LogP contribution in [0.15, 0.2) is 121 Å². The van der Waals surface area contributed by atoms with Gasteiger partial charge in [-0.3, -0.25) is 0 Å². The summed E-state index contributed by atoms with van der Waals surface area (Å²) in [5.74, 6) is 0. The molecule has 1 fully saturated rings. The molecule has 0 N–H and O–H groups in total. The Kier molecular flexibility index (Phi) is 6.49. The van der Waals surface area contributed by atoms with Gasteiger partial charge in [-0.25, -0.2) is 0 Å². The summed E-state index contributed by atoms with van der Waals surface area (Å²) in [7, 11) is 2.40. The van der Waals surface area contributed by atoms with Crippen molar-refractivity contribution in [2.45, 2.75) is 49.2 Å². The van der Waals surface area contributed by atoms with Gasteiger partial charge in [-0.15, -0.1) is 0 Å². The van der Waals surface area contributed by atoms with Crippen LogP contribution in [0.3, 0.4) is 0 Å². The fraction of sp³-hybridized carbons (Fsp3) is 0.182. The van der Waals surface area contributed by atoms with Gasteiger partial charge in [0.2, 0.25) is 0 Å². The zero-order valence-corrected chi connectivity index (χ0v) is 31.6. The summed E-state index contributed by atoms with van der Waals surface area (Å²) in [4.78, 5) is 0. The van der Waals surface area contributed by atoms with Gasteiger partial charge >= 0.3 is 291 Å². The molecule has 0 unspecified atom stereocenters. The Morgan fingerprint density at radius 2 is 0.745 bits per heavy atom. The van der Waals surface area contributed by atoms with Crippen LogP contribution in [0.2, 0.25) is 0 Å². The van der Waals surface area contributed by atoms with Crippen molar-refractivity contribution in [1.82, 2.24) is 0 Å². The molecule has 0 bridgehead atoms. The van der Waals surface area contributed by atoms with Crippen LogP contribution in [0.1, 0.15) is 55.6 Å². The molecule has 2 aliphatic carbocycles. The molecule has 0 aromatic heterocycles. The first-order valence-electron chi connectivity index (χ1n) is 16.7. The molecule has 0 nitrogen and oxygen atoms in total. The number of hydrogen-bond acceptors (Lipinski definition) is 2. The molecule has 6 aromatic rings. The standard InChI is InChI=1S/C44H38GeS2/c1-27-23-29(3)41(30(4)24-27)45(42-31(5)25-28(2)26-32(42)6)43(37-19-11-7-15-33(37)34-16-8-12-20-38(34)43)46-44(47-45)39-21-13-9-17-35(39)36-18-10-14-22-40(36)44/h7-26H,1-6H3. The molecular formula is C44H38GeS2. The molecule has 2 spiro atoms. The zero-order valence-electron chi connectivity index (χ0n) is 27.9. The Morgan fingerprint density at radius 1 is 0.426 bits per heavy atom. The molecule has 1 aliphatic heterocycles. The fourth-order valence-electron chi connectivity index (χ4n) is 9.70. The van der Waals surface area contributed by atoms with Crippen LogP contribution < -0.4 is 8.79 Å². The van der Waals surface area contributed by atoms with Crippen molar-refractivity contribution in [3.63, 3.8) is 0 Å². The van der Waals surface area contributed by atoms with Crippen molar-refractivity contribution in [3.8, 4) is 22.3 Å². The Hall–Kier alpha value is -3.44. The summed E-state index contributed by atoms with van der Waals surface area (Å²) in [6.07, 6.45) is 0. The van der Waals surface area contributed by atoms with Gasteiger partial charge in [0.15, 0.2) is 0 Å². The Balaban J connectivity index is 1.55. The van der Waals surface area contributed by atoms with E-state index in [1.807, 2.05) is 0 Å². The maximum absolute atomic E-state index is 3.78. The molecule has 3 aliphatic rings. The molecule has 47 heavy (non-hydrogen) atoms. The van der Waals surface area contributed by atoms with Crippen LogP contribution in [0.4, 0.5) is 0 Å². The van der Waals surface area contributed by atoms with Crippen molar-refractivity contribution in [3.05, 3.63) is 177 Å². The van der Waals surface area contributed by atoms with Gasteiger partial charge in [-0.2, -0.15) is 0 Å². The third-order valence-corrected chi connectivity index (χ3v) is 34.8. The number of rotatable bonds is 2. The Morgan fingerprint density at radius 3 is 1.13 bits per heavy atom. The van der Waals surface area contributed by atoms with E-state index in [0.717, 1.165) is 0 Å². The second kappa shape index (κ2) is 10.3. The van der Waals surface area contributed by atoms with E-state index in [0.29, 0.717) is 0 Å². The van der Waals surface area contributed by atoms with Crippen molar-refractivity contribution < 1.29 is 0 Å². The van der Waals surface area contributed by atoms with Gasteiger partial charge in [0, 0.05) is 0 Å². The first-order valence-corrected chi connectivity index (χ1v) is 24.0. The average molecular weight is 704 g/mol. The zero-order chi connectivity index (χ0) is 32.3. The molecule has 9 rings (SSSR count). The van der Waals surface area contributed by atoms with Crippen molar-refractivity contribution in [2.24, 2.45) is 0 Å². The molecule has 230 valence electrons. The SMILES string of the molecule is Cc1cc(C)[c]([Ge]2([c]3c(C)cc(C)cc3C)[S]C3(S[C]24c2ccccc2-c2ccccc24)c2ccccc2-c2ccccc23)c(C)c1. The van der Waals surface area contributed by atoms with Crippen LogP contribution in [0.25, 0.3) is 22.3 Å². The van der Waals surface area contributed by atoms with E-state index in [1.54, 1.807) is 8.79 Å². The molecular weight excluding hydrogens is 665 g/mol. The quantitative estimate of drug-likeness (QED) is 0.165. The van der Waals surface area contributed by atoms with Crippen molar-refractivity contribution >= 4 is 42.8 Å². The molecule has 0 amide bonds. The van der Waals surface area contributed by atoms with Crippen LogP contribution in [0.5, 0.6) is 0 Å². The topological polar surface area (TPSA) is 0 Å². The molecule has 3 heteroatoms. The predicted octanol–water partition coefficient (Wildman–Crippen LogP) is 10.4. The number of benzene rings is 6. The van der Waals surface area contributed by atoms with E-state index in [-0.39, 0.29) is 7.66 Å². The third kappa shape index (κ3) is 3.70. The summed E-state index contributed by atoms with van der Waals surface area (Å²) in [5.41, 5.74) is 20.1. The third-order valence-electron chi connectivity index (χ3n) is 10.9. The molecule has 0 radical (unpaired) electrons. The van der Waals surface area contributed by atoms with Gasteiger partial charge in [0.1, 0.15) is 0 Å². The van der Waals surface area contributed by atoms with E-state index in [9.17, 15) is 0 Å². The summed E-state index contributed by atoms with van der Waals surface area (Å²) in [6, 6.07) is 47.4. The monoisotopic (exact) mass is 704 g/mol. The van der Waals surface area contributed by atoms with Gasteiger partial charge in [-0.1, -0.05) is 0 Å². The predicted molar refractivity (Wildman–Crippen MR) is 207 cm³/mol. The Bertz CT molecular complexity index is 2100. The number of aryl methyl sites for hydroxylation is 6. The van der Waals surface area contributed by atoms with Crippen LogP contribution in [-0.4, -0.2) is 12.1 Å². The summed E-state index contributed by atoms with van der Waals surface area (Å²) >= 11 is -1.50. The van der Waals surface area contributed by atoms with Crippen LogP contribution >= 0.6 is 21.8 Å². The van der Waals surface area contributed by atoms with Gasteiger partial charge in [0.25, 0.3) is 0 Å². The minimum absolute atomic E-state index is 0.238. The van der Waals surface area contributed by atoms with Crippen LogP contribution in [0, 0.1) is 41.5 Å². The second-order valence-electron chi connectivity index (χ2n) is 13.9. The van der Waals surface area contributed by atoms with Crippen molar-refractivity contribution in [2.75, 3.05) is 0 Å². The normalized spacial score (nSPS) is 17.1. The van der Waals surface area contributed by atoms with Gasteiger partial charge in [-0.05, 0) is 0 Å². The molecule has 6 aromatic carbocycles. The fourth-order valence-corrected chi connectivity index (χ4v) is 41.3. The first kappa shape index (κ1) is 29.7. The molecule has 1 saturated heterocycles. The Labute approximate surface area is 289 Å². The molecule has 0 saturated carbocycles. The van der Waals surface area contributed by atoms with E-state index >= 15 is 0 Å². The molecule has 1 heterocycles. The van der Waals surface area contributed by atoms with E-state index in [2.05, 4.69) is 185 Å². The number of hydrogen-bond donors (Lipinski definition) is 0. The van der Waals surface area contributed by atoms with E-state index < -0.39 is 12.1 Å². The second-order valence-corrected chi connectivity index (χ2v) is 28.2. The van der Waals surface area contributed by atoms with Crippen molar-refractivity contribution in [1.29, 1.82) is 0 Å². The average Bonchev–Trinajstić information content (AvgIpc) is 3.62. The summed E-state index contributed by atoms with van der Waals surface area (Å²) in [6.45, 7) is 14.2. The van der Waals surface area contributed by atoms with E-state index in [4.69, 9.17) is 0 Å². The minimum atomic E-state index is -3.78. The first-order chi connectivity index (χ1) is 22.7. The van der Waals surface area contributed by atoms with E-state index in [1.165, 1.54) is 77.9 Å².